The summed E-state index contributed by atoms with van der Waals surface area (Å²) in [4.78, 5) is 24.5. The third kappa shape index (κ3) is 2.76. The van der Waals surface area contributed by atoms with Crippen molar-refractivity contribution >= 4 is 15.7 Å². The van der Waals surface area contributed by atoms with E-state index < -0.39 is 25.8 Å². The zero-order valence-electron chi connectivity index (χ0n) is 9.85. The maximum absolute atomic E-state index is 11.5. The predicted molar refractivity (Wildman–Crippen MR) is 64.7 cm³/mol. The Morgan fingerprint density at radius 2 is 1.94 bits per heavy atom. The number of nitrogens with two attached hydrogens (primary N) is 1. The highest BCUT2D eigenvalue weighted by Gasteiger charge is 2.31. The second-order valence-electron chi connectivity index (χ2n) is 4.48. The van der Waals surface area contributed by atoms with Crippen LogP contribution in [0.4, 0.5) is 5.82 Å². The molecule has 1 rings (SSSR count). The second-order valence-corrected chi connectivity index (χ2v) is 7.13. The zero-order valence-corrected chi connectivity index (χ0v) is 10.7. The molecule has 0 saturated carbocycles. The van der Waals surface area contributed by atoms with E-state index in [4.69, 9.17) is 5.73 Å². The highest BCUT2D eigenvalue weighted by atomic mass is 32.2. The first-order valence-corrected chi connectivity index (χ1v) is 6.73. The Morgan fingerprint density at radius 1 is 1.41 bits per heavy atom. The molecule has 0 saturated heterocycles. The first kappa shape index (κ1) is 13.5. The number of nitrogens with one attached hydrogen (secondary N) is 1. The average Bonchev–Trinajstić information content (AvgIpc) is 2.09. The van der Waals surface area contributed by atoms with Crippen molar-refractivity contribution in [2.75, 3.05) is 12.0 Å². The van der Waals surface area contributed by atoms with E-state index in [1.54, 1.807) is 0 Å². The monoisotopic (exact) mass is 261 g/mol. The molecule has 0 aliphatic carbocycles. The van der Waals surface area contributed by atoms with Gasteiger partial charge in [-0.15, -0.1) is 0 Å². The lowest BCUT2D eigenvalue weighted by Crippen LogP contribution is -2.42. The second kappa shape index (κ2) is 4.02. The number of sulfone groups is 1. The Hall–Kier alpha value is -1.57. The van der Waals surface area contributed by atoms with Gasteiger partial charge >= 0.3 is 5.69 Å². The average molecular weight is 261 g/mol. The number of hydrogen-bond donors (Lipinski definition) is 2. The molecule has 3 N–H and O–H groups in total. The lowest BCUT2D eigenvalue weighted by atomic mass is 10.2. The van der Waals surface area contributed by atoms with Gasteiger partial charge in [-0.3, -0.25) is 14.3 Å². The molecule has 0 aromatic carbocycles. The highest BCUT2D eigenvalue weighted by Crippen LogP contribution is 2.17. The van der Waals surface area contributed by atoms with Crippen molar-refractivity contribution in [3.05, 3.63) is 26.9 Å². The summed E-state index contributed by atoms with van der Waals surface area (Å²) in [5.74, 6) is -0.0597. The van der Waals surface area contributed by atoms with Gasteiger partial charge < -0.3 is 5.73 Å². The standard InChI is InChI=1S/C9H15N3O4S/c1-9(2,17(3,15)16)5-12-6(10)4-7(13)11-8(12)14/h4H,5,10H2,1-3H3,(H,11,13,14). The smallest absolute Gasteiger partial charge is 0.329 e. The van der Waals surface area contributed by atoms with Gasteiger partial charge in [-0.25, -0.2) is 13.2 Å². The predicted octanol–water partition coefficient (Wildman–Crippen LogP) is -1.06. The molecule has 0 fully saturated rings. The van der Waals surface area contributed by atoms with Crippen LogP contribution in [0.25, 0.3) is 0 Å². The molecule has 0 radical (unpaired) electrons. The van der Waals surface area contributed by atoms with Gasteiger partial charge in [-0.2, -0.15) is 0 Å². The van der Waals surface area contributed by atoms with E-state index in [-0.39, 0.29) is 12.4 Å². The Morgan fingerprint density at radius 3 is 2.35 bits per heavy atom. The molecule has 0 amide bonds. The summed E-state index contributed by atoms with van der Waals surface area (Å²) in [7, 11) is -3.35. The number of hydrogen-bond acceptors (Lipinski definition) is 5. The van der Waals surface area contributed by atoms with Gasteiger partial charge in [0.15, 0.2) is 9.84 Å². The zero-order chi connectivity index (χ0) is 13.4. The Balaban J connectivity index is 3.32. The van der Waals surface area contributed by atoms with Gasteiger partial charge in [0.05, 0.1) is 4.75 Å². The highest BCUT2D eigenvalue weighted by molar-refractivity contribution is 7.92. The van der Waals surface area contributed by atoms with E-state index >= 15 is 0 Å². The van der Waals surface area contributed by atoms with Crippen LogP contribution in [0.3, 0.4) is 0 Å². The van der Waals surface area contributed by atoms with Crippen molar-refractivity contribution < 1.29 is 8.42 Å². The normalized spacial score (nSPS) is 12.6. The Bertz CT molecular complexity index is 639. The van der Waals surface area contributed by atoms with Gasteiger partial charge in [-0.1, -0.05) is 0 Å². The van der Waals surface area contributed by atoms with Gasteiger partial charge in [-0.05, 0) is 13.8 Å². The molecule has 0 bridgehead atoms. The number of H-pyrrole nitrogens is 1. The van der Waals surface area contributed by atoms with Crippen molar-refractivity contribution in [1.82, 2.24) is 9.55 Å². The number of aromatic amines is 1. The first-order chi connectivity index (χ1) is 7.54. The van der Waals surface area contributed by atoms with Crippen LogP contribution in [-0.2, 0) is 16.4 Å². The van der Waals surface area contributed by atoms with Crippen LogP contribution in [0.1, 0.15) is 13.8 Å². The molecule has 0 aliphatic heterocycles. The van der Waals surface area contributed by atoms with E-state index in [0.717, 1.165) is 16.9 Å². The fourth-order valence-electron chi connectivity index (χ4n) is 1.20. The summed E-state index contributed by atoms with van der Waals surface area (Å²) < 4.78 is 22.9. The summed E-state index contributed by atoms with van der Waals surface area (Å²) in [6.07, 6.45) is 1.08. The van der Waals surface area contributed by atoms with Gasteiger partial charge in [0, 0.05) is 18.9 Å². The number of rotatable bonds is 3. The SMILES string of the molecule is CC(C)(Cn1c(N)cc(=O)[nH]c1=O)S(C)(=O)=O. The van der Waals surface area contributed by atoms with Crippen LogP contribution in [0.5, 0.6) is 0 Å². The van der Waals surface area contributed by atoms with Crippen LogP contribution in [-0.4, -0.2) is 29.0 Å². The molecule has 1 aromatic heterocycles. The van der Waals surface area contributed by atoms with Crippen molar-refractivity contribution in [3.63, 3.8) is 0 Å². The minimum absolute atomic E-state index is 0.0597. The lowest BCUT2D eigenvalue weighted by molar-refractivity contribution is 0.494. The molecule has 1 aromatic rings. The molecule has 0 spiro atoms. The summed E-state index contributed by atoms with van der Waals surface area (Å²) in [5.41, 5.74) is 4.19. The third-order valence-corrected chi connectivity index (χ3v) is 4.75. The Kier molecular flexibility index (Phi) is 3.19. The minimum atomic E-state index is -3.35. The van der Waals surface area contributed by atoms with Crippen molar-refractivity contribution in [2.24, 2.45) is 0 Å². The minimum Gasteiger partial charge on any atom is -0.385 e. The molecule has 7 nitrogen and oxygen atoms in total. The number of aromatic nitrogens is 2. The van der Waals surface area contributed by atoms with Crippen LogP contribution in [0, 0.1) is 0 Å². The van der Waals surface area contributed by atoms with Crippen LogP contribution < -0.4 is 17.0 Å². The van der Waals surface area contributed by atoms with Crippen LogP contribution in [0.15, 0.2) is 15.7 Å². The summed E-state index contributed by atoms with van der Waals surface area (Å²) in [6, 6.07) is 1.04. The topological polar surface area (TPSA) is 115 Å². The number of anilines is 1. The van der Waals surface area contributed by atoms with Gasteiger partial charge in [0.1, 0.15) is 5.82 Å². The van der Waals surface area contributed by atoms with E-state index in [1.165, 1.54) is 13.8 Å². The molecular weight excluding hydrogens is 246 g/mol. The summed E-state index contributed by atoms with van der Waals surface area (Å²) in [5, 5.41) is 0. The number of nitrogen functional groups attached to an aromatic ring is 1. The summed E-state index contributed by atoms with van der Waals surface area (Å²) in [6.45, 7) is 2.85. The molecule has 0 atom stereocenters. The van der Waals surface area contributed by atoms with Crippen molar-refractivity contribution in [3.8, 4) is 0 Å². The number of nitrogens with zero attached hydrogens (tertiary/aromatic N) is 1. The molecule has 8 heteroatoms. The lowest BCUT2D eigenvalue weighted by Gasteiger charge is -2.23. The quantitative estimate of drug-likeness (QED) is 0.719. The largest absolute Gasteiger partial charge is 0.385 e. The van der Waals surface area contributed by atoms with E-state index in [1.807, 2.05) is 4.98 Å². The van der Waals surface area contributed by atoms with Crippen LogP contribution >= 0.6 is 0 Å². The van der Waals surface area contributed by atoms with E-state index in [2.05, 4.69) is 0 Å². The third-order valence-electron chi connectivity index (χ3n) is 2.61. The van der Waals surface area contributed by atoms with Gasteiger partial charge in [0.25, 0.3) is 5.56 Å². The molecule has 17 heavy (non-hydrogen) atoms. The van der Waals surface area contributed by atoms with Crippen LogP contribution in [0.2, 0.25) is 0 Å². The molecule has 1 heterocycles. The maximum Gasteiger partial charge on any atom is 0.329 e. The maximum atomic E-state index is 11.5. The van der Waals surface area contributed by atoms with Crippen molar-refractivity contribution in [2.45, 2.75) is 25.1 Å². The molecular formula is C9H15N3O4S. The fraction of sp³-hybridized carbons (Fsp3) is 0.556. The van der Waals surface area contributed by atoms with Crippen molar-refractivity contribution in [1.29, 1.82) is 0 Å². The molecule has 96 valence electrons. The molecule has 0 unspecified atom stereocenters. The first-order valence-electron chi connectivity index (χ1n) is 4.84. The van der Waals surface area contributed by atoms with E-state index in [0.29, 0.717) is 0 Å². The van der Waals surface area contributed by atoms with Gasteiger partial charge in [0.2, 0.25) is 0 Å². The Labute approximate surface area is 98.2 Å². The summed E-state index contributed by atoms with van der Waals surface area (Å²) >= 11 is 0. The molecule has 0 aliphatic rings. The fourth-order valence-corrected chi connectivity index (χ4v) is 1.56. The van der Waals surface area contributed by atoms with E-state index in [9.17, 15) is 18.0 Å².